The van der Waals surface area contributed by atoms with E-state index in [1.165, 1.54) is 12.1 Å². The van der Waals surface area contributed by atoms with E-state index in [1.807, 2.05) is 24.3 Å². The maximum absolute atomic E-state index is 13.4. The lowest BCUT2D eigenvalue weighted by molar-refractivity contribution is -0.126. The van der Waals surface area contributed by atoms with Crippen LogP contribution in [0.2, 0.25) is 0 Å². The summed E-state index contributed by atoms with van der Waals surface area (Å²) in [7, 11) is 1.64. The molecule has 0 bridgehead atoms. The Kier molecular flexibility index (Phi) is 9.10. The van der Waals surface area contributed by atoms with Crippen molar-refractivity contribution in [3.8, 4) is 5.75 Å². The van der Waals surface area contributed by atoms with Gasteiger partial charge in [-0.05, 0) is 55.0 Å². The van der Waals surface area contributed by atoms with Crippen molar-refractivity contribution in [2.45, 2.75) is 45.1 Å². The summed E-state index contributed by atoms with van der Waals surface area (Å²) < 4.78 is 18.8. The first kappa shape index (κ1) is 24.6. The fourth-order valence-corrected chi connectivity index (χ4v) is 4.29. The molecule has 0 aliphatic carbocycles. The number of urea groups is 1. The Labute approximate surface area is 195 Å². The van der Waals surface area contributed by atoms with Crippen molar-refractivity contribution in [3.05, 3.63) is 65.5 Å². The van der Waals surface area contributed by atoms with Crippen LogP contribution in [0.5, 0.6) is 5.75 Å². The van der Waals surface area contributed by atoms with Gasteiger partial charge in [-0.15, -0.1) is 0 Å². The second-order valence-electron chi connectivity index (χ2n) is 8.43. The number of nitrogens with one attached hydrogen (secondary N) is 2. The predicted molar refractivity (Wildman–Crippen MR) is 127 cm³/mol. The molecule has 0 radical (unpaired) electrons. The highest BCUT2D eigenvalue weighted by Crippen LogP contribution is 2.33. The summed E-state index contributed by atoms with van der Waals surface area (Å²) >= 11 is 0. The number of hydrogen-bond acceptors (Lipinski definition) is 3. The van der Waals surface area contributed by atoms with Crippen LogP contribution in [0.1, 0.15) is 49.8 Å². The molecule has 0 saturated carbocycles. The quantitative estimate of drug-likeness (QED) is 0.549. The van der Waals surface area contributed by atoms with Crippen LogP contribution >= 0.6 is 0 Å². The fourth-order valence-electron chi connectivity index (χ4n) is 4.29. The molecule has 0 aromatic heterocycles. The lowest BCUT2D eigenvalue weighted by Crippen LogP contribution is -2.50. The molecule has 1 heterocycles. The first-order valence-electron chi connectivity index (χ1n) is 11.7. The van der Waals surface area contributed by atoms with Crippen LogP contribution in [0.25, 0.3) is 0 Å². The number of para-hydroxylation sites is 1. The molecular formula is C26H34FN3O3. The van der Waals surface area contributed by atoms with E-state index in [2.05, 4.69) is 17.6 Å². The number of benzene rings is 2. The van der Waals surface area contributed by atoms with E-state index in [-0.39, 0.29) is 29.7 Å². The van der Waals surface area contributed by atoms with Gasteiger partial charge in [-0.1, -0.05) is 43.7 Å². The maximum Gasteiger partial charge on any atom is 0.317 e. The number of nitrogens with zero attached hydrogens (tertiary/aromatic N) is 1. The number of carbonyl (C=O) groups is 2. The number of hydrogen-bond donors (Lipinski definition) is 2. The number of likely N-dealkylation sites (tertiary alicyclic amines) is 1. The molecule has 3 amide bonds. The van der Waals surface area contributed by atoms with Crippen LogP contribution in [0.4, 0.5) is 9.18 Å². The number of ether oxygens (including phenoxy) is 1. The highest BCUT2D eigenvalue weighted by molar-refractivity contribution is 5.81. The Balaban J connectivity index is 1.63. The third kappa shape index (κ3) is 6.70. The van der Waals surface area contributed by atoms with Gasteiger partial charge < -0.3 is 20.3 Å². The van der Waals surface area contributed by atoms with Crippen LogP contribution in [-0.2, 0) is 11.2 Å². The molecule has 2 N–H and O–H groups in total. The predicted octanol–water partition coefficient (Wildman–Crippen LogP) is 4.46. The van der Waals surface area contributed by atoms with Crippen LogP contribution in [0.15, 0.2) is 48.5 Å². The van der Waals surface area contributed by atoms with Gasteiger partial charge in [-0.2, -0.15) is 0 Å². The van der Waals surface area contributed by atoms with E-state index < -0.39 is 0 Å². The maximum atomic E-state index is 13.4. The summed E-state index contributed by atoms with van der Waals surface area (Å²) in [5.74, 6) is 0.174. The molecule has 1 aliphatic rings. The smallest absolute Gasteiger partial charge is 0.317 e. The summed E-state index contributed by atoms with van der Waals surface area (Å²) in [4.78, 5) is 27.6. The summed E-state index contributed by atoms with van der Waals surface area (Å²) in [6, 6.07) is 13.7. The minimum atomic E-state index is -0.305. The van der Waals surface area contributed by atoms with Gasteiger partial charge in [0.1, 0.15) is 11.6 Å². The normalized spacial score (nSPS) is 18.0. The number of rotatable bonds is 9. The summed E-state index contributed by atoms with van der Waals surface area (Å²) in [5, 5.41) is 5.99. The second-order valence-corrected chi connectivity index (χ2v) is 8.43. The van der Waals surface area contributed by atoms with E-state index in [4.69, 9.17) is 4.74 Å². The molecule has 7 heteroatoms. The van der Waals surface area contributed by atoms with Crippen molar-refractivity contribution in [2.75, 3.05) is 26.7 Å². The van der Waals surface area contributed by atoms with Gasteiger partial charge in [0.25, 0.3) is 0 Å². The molecule has 33 heavy (non-hydrogen) atoms. The summed E-state index contributed by atoms with van der Waals surface area (Å²) in [6.07, 6.45) is 3.87. The Bertz CT molecular complexity index is 919. The first-order valence-corrected chi connectivity index (χ1v) is 11.7. The van der Waals surface area contributed by atoms with Gasteiger partial charge >= 0.3 is 6.03 Å². The average molecular weight is 456 g/mol. The standard InChI is InChI=1S/C26H34FN3O3/c1-3-4-16-29-26(32)30-18-21(11-14-23(30)19-9-12-22(27)13-10-19)25(31)28-17-15-20-7-5-6-8-24(20)33-2/h5-10,12-13,21,23H,3-4,11,14-18H2,1-2H3,(H,28,31)(H,29,32)/t21-,23-/m0/s1. The Morgan fingerprint density at radius 3 is 2.55 bits per heavy atom. The monoisotopic (exact) mass is 455 g/mol. The van der Waals surface area contributed by atoms with Gasteiger partial charge in [-0.25, -0.2) is 9.18 Å². The molecule has 1 fully saturated rings. The zero-order chi connectivity index (χ0) is 23.6. The molecule has 1 aliphatic heterocycles. The molecule has 1 saturated heterocycles. The lowest BCUT2D eigenvalue weighted by Gasteiger charge is -2.39. The van der Waals surface area contributed by atoms with E-state index in [9.17, 15) is 14.0 Å². The van der Waals surface area contributed by atoms with Crippen molar-refractivity contribution in [1.82, 2.24) is 15.5 Å². The lowest BCUT2D eigenvalue weighted by atomic mass is 9.88. The third-order valence-corrected chi connectivity index (χ3v) is 6.16. The minimum absolute atomic E-state index is 0.0474. The zero-order valence-electron chi connectivity index (χ0n) is 19.5. The second kappa shape index (κ2) is 12.2. The molecule has 2 atom stereocenters. The van der Waals surface area contributed by atoms with Gasteiger partial charge in [0.15, 0.2) is 0 Å². The largest absolute Gasteiger partial charge is 0.496 e. The third-order valence-electron chi connectivity index (χ3n) is 6.16. The van der Waals surface area contributed by atoms with E-state index >= 15 is 0 Å². The molecule has 178 valence electrons. The van der Waals surface area contributed by atoms with Crippen LogP contribution < -0.4 is 15.4 Å². The van der Waals surface area contributed by atoms with E-state index in [1.54, 1.807) is 24.1 Å². The first-order chi connectivity index (χ1) is 16.0. The zero-order valence-corrected chi connectivity index (χ0v) is 19.5. The molecule has 0 unspecified atom stereocenters. The van der Waals surface area contributed by atoms with Crippen molar-refractivity contribution < 1.29 is 18.7 Å². The summed E-state index contributed by atoms with van der Waals surface area (Å²) in [6.45, 7) is 3.50. The van der Waals surface area contributed by atoms with Gasteiger partial charge in [-0.3, -0.25) is 4.79 Å². The molecule has 3 rings (SSSR count). The van der Waals surface area contributed by atoms with Crippen molar-refractivity contribution in [2.24, 2.45) is 5.92 Å². The number of amides is 3. The minimum Gasteiger partial charge on any atom is -0.496 e. The number of piperidine rings is 1. The average Bonchev–Trinajstić information content (AvgIpc) is 2.84. The van der Waals surface area contributed by atoms with Crippen LogP contribution in [-0.4, -0.2) is 43.6 Å². The Morgan fingerprint density at radius 2 is 1.82 bits per heavy atom. The van der Waals surface area contributed by atoms with Gasteiger partial charge in [0, 0.05) is 19.6 Å². The molecule has 2 aromatic rings. The van der Waals surface area contributed by atoms with E-state index in [0.29, 0.717) is 38.9 Å². The summed E-state index contributed by atoms with van der Waals surface area (Å²) in [5.41, 5.74) is 1.93. The van der Waals surface area contributed by atoms with Crippen molar-refractivity contribution in [3.63, 3.8) is 0 Å². The van der Waals surface area contributed by atoms with Crippen LogP contribution in [0, 0.1) is 11.7 Å². The molecule has 2 aromatic carbocycles. The molecule has 0 spiro atoms. The number of methoxy groups -OCH3 is 1. The Morgan fingerprint density at radius 1 is 1.06 bits per heavy atom. The van der Waals surface area contributed by atoms with Gasteiger partial charge in [0.2, 0.25) is 5.91 Å². The highest BCUT2D eigenvalue weighted by Gasteiger charge is 2.35. The molecule has 6 nitrogen and oxygen atoms in total. The Hall–Kier alpha value is -3.09. The number of unbranched alkanes of at least 4 members (excludes halogenated alkanes) is 1. The van der Waals surface area contributed by atoms with E-state index in [0.717, 1.165) is 29.7 Å². The topological polar surface area (TPSA) is 70.7 Å². The van der Waals surface area contributed by atoms with Crippen molar-refractivity contribution >= 4 is 11.9 Å². The van der Waals surface area contributed by atoms with Crippen molar-refractivity contribution in [1.29, 1.82) is 0 Å². The highest BCUT2D eigenvalue weighted by atomic mass is 19.1. The van der Waals surface area contributed by atoms with Gasteiger partial charge in [0.05, 0.1) is 19.1 Å². The SMILES string of the molecule is CCCCNC(=O)N1C[C@@H](C(=O)NCCc2ccccc2OC)CC[C@H]1c1ccc(F)cc1. The number of halogens is 1. The fraction of sp³-hybridized carbons (Fsp3) is 0.462. The molecular weight excluding hydrogens is 421 g/mol. The van der Waals surface area contributed by atoms with Crippen LogP contribution in [0.3, 0.4) is 0 Å². The number of carbonyl (C=O) groups excluding carboxylic acids is 2.